The predicted molar refractivity (Wildman–Crippen MR) is 98.7 cm³/mol. The fourth-order valence-electron chi connectivity index (χ4n) is 3.83. The molecule has 0 radical (unpaired) electrons. The number of carboxylic acid groups (broad SMARTS) is 1. The number of nitrogen functional groups attached to an aromatic ring is 1. The van der Waals surface area contributed by atoms with E-state index >= 15 is 8.78 Å². The SMILES string of the molecule is CC1CN(c2c(F)c(N)c3c(=O)c(C(=O)O)cn(C4COC4)c3c2F)CC1N. The average Bonchev–Trinajstić information content (AvgIpc) is 2.90. The summed E-state index contributed by atoms with van der Waals surface area (Å²) in [5, 5.41) is 8.87. The first kappa shape index (κ1) is 18.6. The van der Waals surface area contributed by atoms with E-state index < -0.39 is 39.7 Å². The summed E-state index contributed by atoms with van der Waals surface area (Å²) in [7, 11) is 0. The van der Waals surface area contributed by atoms with Gasteiger partial charge in [0.1, 0.15) is 11.3 Å². The largest absolute Gasteiger partial charge is 0.477 e. The molecule has 0 bridgehead atoms. The van der Waals surface area contributed by atoms with Gasteiger partial charge in [0.05, 0.1) is 35.8 Å². The number of hydrogen-bond donors (Lipinski definition) is 3. The number of ether oxygens (including phenoxy) is 1. The minimum Gasteiger partial charge on any atom is -0.477 e. The first-order chi connectivity index (χ1) is 13.2. The quantitative estimate of drug-likeness (QED) is 0.661. The maximum atomic E-state index is 15.6. The Morgan fingerprint density at radius 1 is 1.29 bits per heavy atom. The lowest BCUT2D eigenvalue weighted by Gasteiger charge is -2.31. The van der Waals surface area contributed by atoms with Gasteiger partial charge in [0.2, 0.25) is 5.43 Å². The molecule has 28 heavy (non-hydrogen) atoms. The second kappa shape index (κ2) is 6.42. The van der Waals surface area contributed by atoms with Crippen molar-refractivity contribution in [2.75, 3.05) is 36.9 Å². The first-order valence-electron chi connectivity index (χ1n) is 8.89. The molecule has 8 nitrogen and oxygen atoms in total. The van der Waals surface area contributed by atoms with Crippen molar-refractivity contribution in [2.45, 2.75) is 19.0 Å². The van der Waals surface area contributed by atoms with Crippen molar-refractivity contribution in [2.24, 2.45) is 11.7 Å². The second-order valence-corrected chi connectivity index (χ2v) is 7.44. The van der Waals surface area contributed by atoms with E-state index in [2.05, 4.69) is 0 Å². The summed E-state index contributed by atoms with van der Waals surface area (Å²) in [6.45, 7) is 2.89. The lowest BCUT2D eigenvalue weighted by molar-refractivity contribution is -0.0219. The molecule has 1 aromatic heterocycles. The number of halogens is 2. The highest BCUT2D eigenvalue weighted by Gasteiger charge is 2.35. The van der Waals surface area contributed by atoms with E-state index in [-0.39, 0.29) is 49.0 Å². The number of pyridine rings is 1. The molecule has 4 rings (SSSR count). The van der Waals surface area contributed by atoms with Gasteiger partial charge in [-0.1, -0.05) is 6.92 Å². The van der Waals surface area contributed by atoms with E-state index in [0.29, 0.717) is 6.54 Å². The van der Waals surface area contributed by atoms with Crippen molar-refractivity contribution in [3.8, 4) is 0 Å². The van der Waals surface area contributed by atoms with Crippen LogP contribution in [-0.2, 0) is 4.74 Å². The van der Waals surface area contributed by atoms with Crippen LogP contribution in [0.3, 0.4) is 0 Å². The Morgan fingerprint density at radius 3 is 2.46 bits per heavy atom. The summed E-state index contributed by atoms with van der Waals surface area (Å²) in [4.78, 5) is 25.6. The smallest absolute Gasteiger partial charge is 0.341 e. The predicted octanol–water partition coefficient (Wildman–Crippen LogP) is 0.915. The van der Waals surface area contributed by atoms with Gasteiger partial charge in [-0.25, -0.2) is 13.6 Å². The van der Waals surface area contributed by atoms with E-state index in [0.717, 1.165) is 6.20 Å². The molecular formula is C18H20F2N4O4. The molecule has 0 aliphatic carbocycles. The zero-order valence-electron chi connectivity index (χ0n) is 15.1. The number of benzene rings is 1. The van der Waals surface area contributed by atoms with Gasteiger partial charge in [-0.15, -0.1) is 0 Å². The van der Waals surface area contributed by atoms with Crippen molar-refractivity contribution in [3.05, 3.63) is 33.6 Å². The van der Waals surface area contributed by atoms with Gasteiger partial charge in [-0.05, 0) is 5.92 Å². The van der Waals surface area contributed by atoms with Gasteiger partial charge in [-0.3, -0.25) is 4.79 Å². The Hall–Kier alpha value is -2.72. The molecule has 0 saturated carbocycles. The van der Waals surface area contributed by atoms with Crippen molar-refractivity contribution in [1.29, 1.82) is 0 Å². The highest BCUT2D eigenvalue weighted by Crippen LogP contribution is 2.38. The average molecular weight is 394 g/mol. The molecule has 2 atom stereocenters. The van der Waals surface area contributed by atoms with Gasteiger partial charge in [0.25, 0.3) is 0 Å². The molecule has 0 amide bonds. The van der Waals surface area contributed by atoms with Crippen LogP contribution in [0.15, 0.2) is 11.0 Å². The maximum Gasteiger partial charge on any atom is 0.341 e. The number of aromatic carboxylic acids is 1. The second-order valence-electron chi connectivity index (χ2n) is 7.44. The summed E-state index contributed by atoms with van der Waals surface area (Å²) in [6.07, 6.45) is 1.07. The van der Waals surface area contributed by atoms with Crippen LogP contribution in [0.4, 0.5) is 20.2 Å². The van der Waals surface area contributed by atoms with Gasteiger partial charge >= 0.3 is 5.97 Å². The van der Waals surface area contributed by atoms with Crippen molar-refractivity contribution < 1.29 is 23.4 Å². The molecule has 1 aromatic carbocycles. The van der Waals surface area contributed by atoms with E-state index in [9.17, 15) is 14.7 Å². The number of carbonyl (C=O) groups is 1. The van der Waals surface area contributed by atoms with Crippen molar-refractivity contribution >= 4 is 28.2 Å². The lowest BCUT2D eigenvalue weighted by Crippen LogP contribution is -2.34. The standard InChI is InChI=1S/C18H20F2N4O4/c1-7-2-23(4-10(7)21)16-12(19)14(22)11-15(13(16)20)24(8-5-28-6-8)3-9(17(11)25)18(26)27/h3,7-8,10H,2,4-6,21-22H2,1H3,(H,26,27). The third-order valence-corrected chi connectivity index (χ3v) is 5.60. The molecule has 2 unspecified atom stereocenters. The van der Waals surface area contributed by atoms with Crippen LogP contribution in [0.25, 0.3) is 10.9 Å². The van der Waals surface area contributed by atoms with Crippen LogP contribution in [0.1, 0.15) is 23.3 Å². The zero-order valence-corrected chi connectivity index (χ0v) is 15.1. The Morgan fingerprint density at radius 2 is 1.96 bits per heavy atom. The van der Waals surface area contributed by atoms with Gasteiger partial charge in [0, 0.05) is 25.3 Å². The van der Waals surface area contributed by atoms with Gasteiger partial charge in [-0.2, -0.15) is 0 Å². The van der Waals surface area contributed by atoms with E-state index in [4.69, 9.17) is 16.2 Å². The van der Waals surface area contributed by atoms with Crippen LogP contribution in [-0.4, -0.2) is 48.0 Å². The molecule has 10 heteroatoms. The number of nitrogens with zero attached hydrogens (tertiary/aromatic N) is 2. The number of rotatable bonds is 3. The molecule has 2 aliphatic heterocycles. The van der Waals surface area contributed by atoms with Crippen LogP contribution in [0.2, 0.25) is 0 Å². The van der Waals surface area contributed by atoms with Gasteiger partial charge < -0.3 is 30.8 Å². The zero-order chi connectivity index (χ0) is 20.3. The molecular weight excluding hydrogens is 374 g/mol. The number of fused-ring (bicyclic) bond motifs is 1. The highest BCUT2D eigenvalue weighted by atomic mass is 19.1. The van der Waals surface area contributed by atoms with Crippen molar-refractivity contribution in [1.82, 2.24) is 4.57 Å². The first-order valence-corrected chi connectivity index (χ1v) is 8.89. The lowest BCUT2D eigenvalue weighted by atomic mass is 10.0. The highest BCUT2D eigenvalue weighted by molar-refractivity contribution is 5.99. The fraction of sp³-hybridized carbons (Fsp3) is 0.444. The van der Waals surface area contributed by atoms with Crippen LogP contribution in [0, 0.1) is 17.6 Å². The van der Waals surface area contributed by atoms with E-state index in [1.165, 1.54) is 9.47 Å². The number of aromatic nitrogens is 1. The monoisotopic (exact) mass is 394 g/mol. The normalized spacial score (nSPS) is 22.6. The molecule has 150 valence electrons. The maximum absolute atomic E-state index is 15.6. The number of carboxylic acids is 1. The third-order valence-electron chi connectivity index (χ3n) is 5.60. The molecule has 0 spiro atoms. The topological polar surface area (TPSA) is 124 Å². The number of anilines is 2. The molecule has 2 fully saturated rings. The fourth-order valence-corrected chi connectivity index (χ4v) is 3.83. The van der Waals surface area contributed by atoms with Gasteiger partial charge in [0.15, 0.2) is 11.6 Å². The molecule has 2 saturated heterocycles. The molecule has 3 heterocycles. The molecule has 2 aromatic rings. The summed E-state index contributed by atoms with van der Waals surface area (Å²) in [5.41, 5.74) is 9.12. The Bertz CT molecular complexity index is 1040. The Labute approximate surface area is 158 Å². The Balaban J connectivity index is 2.06. The van der Waals surface area contributed by atoms with Crippen molar-refractivity contribution in [3.63, 3.8) is 0 Å². The summed E-state index contributed by atoms with van der Waals surface area (Å²) < 4.78 is 37.1. The summed E-state index contributed by atoms with van der Waals surface area (Å²) in [5.74, 6) is -3.51. The number of nitrogens with two attached hydrogens (primary N) is 2. The Kier molecular flexibility index (Phi) is 4.27. The van der Waals surface area contributed by atoms with E-state index in [1.54, 1.807) is 0 Å². The molecule has 5 N–H and O–H groups in total. The van der Waals surface area contributed by atoms with Crippen LogP contribution >= 0.6 is 0 Å². The minimum absolute atomic E-state index is 0.0207. The van der Waals surface area contributed by atoms with E-state index in [1.807, 2.05) is 6.92 Å². The minimum atomic E-state index is -1.50. The van der Waals surface area contributed by atoms with Crippen LogP contribution < -0.4 is 21.8 Å². The third kappa shape index (κ3) is 2.55. The number of hydrogen-bond acceptors (Lipinski definition) is 6. The van der Waals surface area contributed by atoms with Crippen LogP contribution in [0.5, 0.6) is 0 Å². The molecule has 2 aliphatic rings. The summed E-state index contributed by atoms with van der Waals surface area (Å²) >= 11 is 0. The summed E-state index contributed by atoms with van der Waals surface area (Å²) in [6, 6.07) is -0.638.